The van der Waals surface area contributed by atoms with Gasteiger partial charge in [-0.2, -0.15) is 0 Å². The highest BCUT2D eigenvalue weighted by Crippen LogP contribution is 2.12. The van der Waals surface area contributed by atoms with Crippen LogP contribution in [0.5, 0.6) is 0 Å². The van der Waals surface area contributed by atoms with Gasteiger partial charge in [0.15, 0.2) is 5.78 Å². The molecule has 2 aromatic rings. The number of ketones is 1. The standard InChI is InChI=1S/C19H21NO3/c1-14(20(2)3)13-23-19(22)17-11-9-16(10-12-17)18(21)15-7-5-4-6-8-15/h4-12,14H,13H2,1-3H3. The maximum atomic E-state index is 12.3. The van der Waals surface area contributed by atoms with Crippen molar-refractivity contribution in [1.29, 1.82) is 0 Å². The summed E-state index contributed by atoms with van der Waals surface area (Å²) >= 11 is 0. The summed E-state index contributed by atoms with van der Waals surface area (Å²) in [7, 11) is 3.87. The fourth-order valence-corrected chi connectivity index (χ4v) is 1.94. The molecule has 1 atom stereocenters. The maximum absolute atomic E-state index is 12.3. The van der Waals surface area contributed by atoms with Crippen LogP contribution < -0.4 is 0 Å². The van der Waals surface area contributed by atoms with Gasteiger partial charge >= 0.3 is 5.97 Å². The minimum atomic E-state index is -0.377. The van der Waals surface area contributed by atoms with Gasteiger partial charge in [0, 0.05) is 17.2 Å². The van der Waals surface area contributed by atoms with Crippen LogP contribution in [0.25, 0.3) is 0 Å². The predicted octanol–water partition coefficient (Wildman–Crippen LogP) is 3.02. The van der Waals surface area contributed by atoms with Gasteiger partial charge in [-0.05, 0) is 33.2 Å². The molecular formula is C19H21NO3. The molecule has 0 heterocycles. The molecule has 1 unspecified atom stereocenters. The number of hydrogen-bond acceptors (Lipinski definition) is 4. The van der Waals surface area contributed by atoms with Crippen molar-refractivity contribution in [2.45, 2.75) is 13.0 Å². The molecule has 23 heavy (non-hydrogen) atoms. The minimum Gasteiger partial charge on any atom is -0.460 e. The molecule has 0 spiro atoms. The van der Waals surface area contributed by atoms with E-state index in [0.717, 1.165) is 0 Å². The lowest BCUT2D eigenvalue weighted by Gasteiger charge is -2.19. The highest BCUT2D eigenvalue weighted by atomic mass is 16.5. The van der Waals surface area contributed by atoms with Crippen LogP contribution in [0.1, 0.15) is 33.2 Å². The first kappa shape index (κ1) is 16.9. The van der Waals surface area contributed by atoms with Gasteiger partial charge in [0.2, 0.25) is 0 Å². The molecule has 4 heteroatoms. The minimum absolute atomic E-state index is 0.0632. The Morgan fingerprint density at radius 3 is 2.00 bits per heavy atom. The lowest BCUT2D eigenvalue weighted by Crippen LogP contribution is -2.30. The van der Waals surface area contributed by atoms with Crippen LogP contribution in [-0.4, -0.2) is 43.4 Å². The van der Waals surface area contributed by atoms with Crippen LogP contribution >= 0.6 is 0 Å². The van der Waals surface area contributed by atoms with Crippen molar-refractivity contribution in [3.8, 4) is 0 Å². The van der Waals surface area contributed by atoms with Gasteiger partial charge in [-0.1, -0.05) is 42.5 Å². The largest absolute Gasteiger partial charge is 0.460 e. The fraction of sp³-hybridized carbons (Fsp3) is 0.263. The molecule has 0 aliphatic rings. The Balaban J connectivity index is 2.02. The van der Waals surface area contributed by atoms with Crippen molar-refractivity contribution in [2.24, 2.45) is 0 Å². The van der Waals surface area contributed by atoms with Gasteiger partial charge in [-0.25, -0.2) is 4.79 Å². The second-order valence-corrected chi connectivity index (χ2v) is 5.68. The van der Waals surface area contributed by atoms with E-state index in [1.165, 1.54) is 0 Å². The van der Waals surface area contributed by atoms with E-state index >= 15 is 0 Å². The number of nitrogens with zero attached hydrogens (tertiary/aromatic N) is 1. The van der Waals surface area contributed by atoms with Crippen molar-refractivity contribution < 1.29 is 14.3 Å². The summed E-state index contributed by atoms with van der Waals surface area (Å²) in [6.07, 6.45) is 0. The third-order valence-corrected chi connectivity index (χ3v) is 3.76. The highest BCUT2D eigenvalue weighted by Gasteiger charge is 2.13. The van der Waals surface area contributed by atoms with Gasteiger partial charge in [-0.3, -0.25) is 4.79 Å². The second-order valence-electron chi connectivity index (χ2n) is 5.68. The third kappa shape index (κ3) is 4.50. The third-order valence-electron chi connectivity index (χ3n) is 3.76. The molecular weight excluding hydrogens is 290 g/mol. The quantitative estimate of drug-likeness (QED) is 0.608. The Labute approximate surface area is 136 Å². The summed E-state index contributed by atoms with van der Waals surface area (Å²) in [6.45, 7) is 2.31. The molecule has 0 amide bonds. The lowest BCUT2D eigenvalue weighted by atomic mass is 10.0. The van der Waals surface area contributed by atoms with Gasteiger partial charge < -0.3 is 9.64 Å². The monoisotopic (exact) mass is 311 g/mol. The van der Waals surface area contributed by atoms with Crippen molar-refractivity contribution in [2.75, 3.05) is 20.7 Å². The van der Waals surface area contributed by atoms with E-state index < -0.39 is 0 Å². The van der Waals surface area contributed by atoms with E-state index in [1.807, 2.05) is 44.1 Å². The predicted molar refractivity (Wildman–Crippen MR) is 89.7 cm³/mol. The van der Waals surface area contributed by atoms with Crippen LogP contribution in [0.15, 0.2) is 54.6 Å². The fourth-order valence-electron chi connectivity index (χ4n) is 1.94. The number of ether oxygens (including phenoxy) is 1. The zero-order valence-electron chi connectivity index (χ0n) is 13.7. The molecule has 0 saturated heterocycles. The molecule has 120 valence electrons. The van der Waals surface area contributed by atoms with Crippen molar-refractivity contribution in [3.05, 3.63) is 71.3 Å². The summed E-state index contributed by atoms with van der Waals surface area (Å²) in [4.78, 5) is 26.3. The van der Waals surface area contributed by atoms with Gasteiger partial charge in [0.1, 0.15) is 6.61 Å². The number of esters is 1. The van der Waals surface area contributed by atoms with E-state index in [2.05, 4.69) is 0 Å². The first-order chi connectivity index (χ1) is 11.0. The zero-order valence-corrected chi connectivity index (χ0v) is 13.7. The molecule has 0 aromatic heterocycles. The summed E-state index contributed by atoms with van der Waals surface area (Å²) < 4.78 is 5.27. The van der Waals surface area contributed by atoms with Crippen molar-refractivity contribution in [3.63, 3.8) is 0 Å². The first-order valence-corrected chi connectivity index (χ1v) is 7.52. The van der Waals surface area contributed by atoms with Crippen LogP contribution in [0.3, 0.4) is 0 Å². The number of hydrogen-bond donors (Lipinski definition) is 0. The van der Waals surface area contributed by atoms with Gasteiger partial charge in [0.25, 0.3) is 0 Å². The van der Waals surface area contributed by atoms with E-state index in [4.69, 9.17) is 4.74 Å². The average molecular weight is 311 g/mol. The average Bonchev–Trinajstić information content (AvgIpc) is 2.59. The summed E-state index contributed by atoms with van der Waals surface area (Å²) in [5.74, 6) is -0.441. The van der Waals surface area contributed by atoms with Crippen LogP contribution in [0, 0.1) is 0 Å². The molecule has 0 saturated carbocycles. The molecule has 0 aliphatic heterocycles. The van der Waals surface area contributed by atoms with E-state index in [0.29, 0.717) is 23.3 Å². The first-order valence-electron chi connectivity index (χ1n) is 7.52. The van der Waals surface area contributed by atoms with Gasteiger partial charge in [0.05, 0.1) is 5.56 Å². The Morgan fingerprint density at radius 2 is 1.43 bits per heavy atom. The lowest BCUT2D eigenvalue weighted by molar-refractivity contribution is 0.0416. The Kier molecular flexibility index (Phi) is 5.66. The number of carbonyl (C=O) groups is 2. The molecule has 0 radical (unpaired) electrons. The molecule has 2 rings (SSSR count). The molecule has 0 bridgehead atoms. The molecule has 2 aromatic carbocycles. The number of likely N-dealkylation sites (N-methyl/N-ethyl adjacent to an activating group) is 1. The molecule has 0 N–H and O–H groups in total. The van der Waals surface area contributed by atoms with E-state index in [9.17, 15) is 9.59 Å². The number of benzene rings is 2. The summed E-state index contributed by atoms with van der Waals surface area (Å²) in [5, 5.41) is 0. The second kappa shape index (κ2) is 7.70. The summed E-state index contributed by atoms with van der Waals surface area (Å²) in [5.41, 5.74) is 1.62. The topological polar surface area (TPSA) is 46.6 Å². The molecule has 4 nitrogen and oxygen atoms in total. The zero-order chi connectivity index (χ0) is 16.8. The smallest absolute Gasteiger partial charge is 0.338 e. The summed E-state index contributed by atoms with van der Waals surface area (Å²) in [6, 6.07) is 15.8. The van der Waals surface area contributed by atoms with Crippen molar-refractivity contribution >= 4 is 11.8 Å². The maximum Gasteiger partial charge on any atom is 0.338 e. The SMILES string of the molecule is CC(COC(=O)c1ccc(C(=O)c2ccccc2)cc1)N(C)C. The Morgan fingerprint density at radius 1 is 0.913 bits per heavy atom. The van der Waals surface area contributed by atoms with Crippen LogP contribution in [0.4, 0.5) is 0 Å². The number of carbonyl (C=O) groups excluding carboxylic acids is 2. The highest BCUT2D eigenvalue weighted by molar-refractivity contribution is 6.09. The molecule has 0 aliphatic carbocycles. The Hall–Kier alpha value is -2.46. The Bertz CT molecular complexity index is 663. The van der Waals surface area contributed by atoms with E-state index in [1.54, 1.807) is 36.4 Å². The number of rotatable bonds is 6. The van der Waals surface area contributed by atoms with Crippen molar-refractivity contribution in [1.82, 2.24) is 4.90 Å². The van der Waals surface area contributed by atoms with Crippen LogP contribution in [0.2, 0.25) is 0 Å². The molecule has 0 fully saturated rings. The van der Waals surface area contributed by atoms with Gasteiger partial charge in [-0.15, -0.1) is 0 Å². The van der Waals surface area contributed by atoms with Crippen LogP contribution in [-0.2, 0) is 4.74 Å². The normalized spacial score (nSPS) is 12.0. The van der Waals surface area contributed by atoms with E-state index in [-0.39, 0.29) is 17.8 Å².